The molecule has 2 N–H and O–H groups in total. The van der Waals surface area contributed by atoms with Crippen LogP contribution in [0.4, 0.5) is 0 Å². The molecular formula is C9H19N3. The van der Waals surface area contributed by atoms with Gasteiger partial charge in [0.05, 0.1) is 0 Å². The zero-order valence-corrected chi connectivity index (χ0v) is 7.71. The molecule has 0 aromatic carbocycles. The molecule has 0 spiro atoms. The summed E-state index contributed by atoms with van der Waals surface area (Å²) < 4.78 is 0. The van der Waals surface area contributed by atoms with E-state index in [1.165, 1.54) is 38.8 Å². The van der Waals surface area contributed by atoms with Crippen molar-refractivity contribution in [2.75, 3.05) is 26.2 Å². The predicted octanol–water partition coefficient (Wildman–Crippen LogP) is 0.420. The number of hydrogen-bond donors (Lipinski definition) is 1. The van der Waals surface area contributed by atoms with Gasteiger partial charge in [-0.3, -0.25) is 10.7 Å². The van der Waals surface area contributed by atoms with Gasteiger partial charge in [-0.2, -0.15) is 0 Å². The van der Waals surface area contributed by atoms with Crippen molar-refractivity contribution >= 4 is 0 Å². The van der Waals surface area contributed by atoms with E-state index in [4.69, 9.17) is 5.84 Å². The van der Waals surface area contributed by atoms with Gasteiger partial charge in [0.15, 0.2) is 0 Å². The monoisotopic (exact) mass is 169 g/mol. The fourth-order valence-corrected chi connectivity index (χ4v) is 2.39. The summed E-state index contributed by atoms with van der Waals surface area (Å²) >= 11 is 0. The van der Waals surface area contributed by atoms with Crippen molar-refractivity contribution in [1.82, 2.24) is 9.91 Å². The van der Waals surface area contributed by atoms with Gasteiger partial charge in [-0.25, -0.2) is 5.01 Å². The lowest BCUT2D eigenvalue weighted by atomic mass is 10.1. The fourth-order valence-electron chi connectivity index (χ4n) is 2.39. The van der Waals surface area contributed by atoms with Crippen LogP contribution in [0, 0.1) is 0 Å². The van der Waals surface area contributed by atoms with Gasteiger partial charge >= 0.3 is 0 Å². The second kappa shape index (κ2) is 3.73. The van der Waals surface area contributed by atoms with Gasteiger partial charge < -0.3 is 0 Å². The van der Waals surface area contributed by atoms with Crippen LogP contribution >= 0.6 is 0 Å². The predicted molar refractivity (Wildman–Crippen MR) is 49.6 cm³/mol. The summed E-state index contributed by atoms with van der Waals surface area (Å²) in [5.74, 6) is 5.80. The molecular weight excluding hydrogens is 150 g/mol. The lowest BCUT2D eigenvalue weighted by molar-refractivity contribution is 0.116. The Morgan fingerprint density at radius 3 is 2.42 bits per heavy atom. The highest BCUT2D eigenvalue weighted by Crippen LogP contribution is 2.18. The fraction of sp³-hybridized carbons (Fsp3) is 1.00. The van der Waals surface area contributed by atoms with Crippen LogP contribution in [-0.4, -0.2) is 42.1 Å². The molecule has 0 aromatic rings. The van der Waals surface area contributed by atoms with Gasteiger partial charge in [0.25, 0.3) is 0 Å². The van der Waals surface area contributed by atoms with E-state index in [1.54, 1.807) is 0 Å². The van der Waals surface area contributed by atoms with E-state index >= 15 is 0 Å². The quantitative estimate of drug-likeness (QED) is 0.577. The van der Waals surface area contributed by atoms with Gasteiger partial charge in [-0.1, -0.05) is 0 Å². The van der Waals surface area contributed by atoms with Crippen LogP contribution in [0.15, 0.2) is 0 Å². The van der Waals surface area contributed by atoms with Crippen LogP contribution in [-0.2, 0) is 0 Å². The third-order valence-electron chi connectivity index (χ3n) is 3.08. The number of nitrogens with zero attached hydrogens (tertiary/aromatic N) is 2. The second-order valence-electron chi connectivity index (χ2n) is 4.03. The normalized spacial score (nSPS) is 34.2. The number of nitrogens with two attached hydrogens (primary N) is 1. The third-order valence-corrected chi connectivity index (χ3v) is 3.08. The van der Waals surface area contributed by atoms with Gasteiger partial charge in [-0.05, 0) is 38.8 Å². The van der Waals surface area contributed by atoms with Crippen LogP contribution in [0.25, 0.3) is 0 Å². The van der Waals surface area contributed by atoms with Crippen LogP contribution in [0.1, 0.15) is 25.7 Å². The van der Waals surface area contributed by atoms with E-state index in [0.717, 1.165) is 19.1 Å². The molecule has 70 valence electrons. The summed E-state index contributed by atoms with van der Waals surface area (Å²) in [7, 11) is 0. The van der Waals surface area contributed by atoms with E-state index < -0.39 is 0 Å². The topological polar surface area (TPSA) is 32.5 Å². The van der Waals surface area contributed by atoms with Crippen molar-refractivity contribution in [1.29, 1.82) is 0 Å². The lowest BCUT2D eigenvalue weighted by Crippen LogP contribution is -2.49. The van der Waals surface area contributed by atoms with Crippen molar-refractivity contribution in [3.8, 4) is 0 Å². The summed E-state index contributed by atoms with van der Waals surface area (Å²) in [6, 6.07) is 0.756. The van der Waals surface area contributed by atoms with E-state index in [1.807, 2.05) is 5.01 Å². The minimum absolute atomic E-state index is 0.756. The van der Waals surface area contributed by atoms with Crippen LogP contribution < -0.4 is 5.84 Å². The Kier molecular flexibility index (Phi) is 2.63. The maximum Gasteiger partial charge on any atom is 0.0284 e. The first kappa shape index (κ1) is 8.48. The van der Waals surface area contributed by atoms with Crippen LogP contribution in [0.3, 0.4) is 0 Å². The summed E-state index contributed by atoms with van der Waals surface area (Å²) in [5.41, 5.74) is 0. The highest BCUT2D eigenvalue weighted by molar-refractivity contribution is 4.81. The first-order chi connectivity index (χ1) is 5.86. The largest absolute Gasteiger partial charge is 0.299 e. The highest BCUT2D eigenvalue weighted by atomic mass is 15.4. The standard InChI is InChI=1S/C9H19N3/c10-12-7-3-4-9(8-12)11-5-1-2-6-11/h9H,1-8,10H2. The summed E-state index contributed by atoms with van der Waals surface area (Å²) in [4.78, 5) is 2.61. The molecule has 0 radical (unpaired) electrons. The first-order valence-corrected chi connectivity index (χ1v) is 5.10. The second-order valence-corrected chi connectivity index (χ2v) is 4.03. The molecule has 0 aliphatic carbocycles. The molecule has 0 aromatic heterocycles. The Balaban J connectivity index is 1.85. The van der Waals surface area contributed by atoms with E-state index in [-0.39, 0.29) is 0 Å². The van der Waals surface area contributed by atoms with Crippen molar-refractivity contribution in [3.63, 3.8) is 0 Å². The molecule has 2 rings (SSSR count). The SMILES string of the molecule is NN1CCCC(N2CCCC2)C1. The maximum atomic E-state index is 5.80. The van der Waals surface area contributed by atoms with Crippen LogP contribution in [0.5, 0.6) is 0 Å². The van der Waals surface area contributed by atoms with E-state index in [2.05, 4.69) is 4.90 Å². The summed E-state index contributed by atoms with van der Waals surface area (Å²) in [6.07, 6.45) is 5.41. The minimum atomic E-state index is 0.756. The lowest BCUT2D eigenvalue weighted by Gasteiger charge is -2.35. The number of rotatable bonds is 1. The van der Waals surface area contributed by atoms with Crippen molar-refractivity contribution in [2.24, 2.45) is 5.84 Å². The molecule has 0 bridgehead atoms. The molecule has 1 atom stereocenters. The molecule has 2 aliphatic rings. The third kappa shape index (κ3) is 1.79. The number of likely N-dealkylation sites (tertiary alicyclic amines) is 1. The van der Waals surface area contributed by atoms with Gasteiger partial charge in [0.1, 0.15) is 0 Å². The average molecular weight is 169 g/mol. The first-order valence-electron chi connectivity index (χ1n) is 5.10. The van der Waals surface area contributed by atoms with Crippen molar-refractivity contribution in [3.05, 3.63) is 0 Å². The van der Waals surface area contributed by atoms with Gasteiger partial charge in [0, 0.05) is 19.1 Å². The average Bonchev–Trinajstić information content (AvgIpc) is 2.56. The van der Waals surface area contributed by atoms with Crippen molar-refractivity contribution < 1.29 is 0 Å². The van der Waals surface area contributed by atoms with Gasteiger partial charge in [-0.15, -0.1) is 0 Å². The molecule has 2 fully saturated rings. The minimum Gasteiger partial charge on any atom is -0.299 e. The van der Waals surface area contributed by atoms with E-state index in [9.17, 15) is 0 Å². The smallest absolute Gasteiger partial charge is 0.0284 e. The molecule has 12 heavy (non-hydrogen) atoms. The Bertz CT molecular complexity index is 143. The molecule has 1 unspecified atom stereocenters. The van der Waals surface area contributed by atoms with E-state index in [0.29, 0.717) is 0 Å². The summed E-state index contributed by atoms with van der Waals surface area (Å²) in [6.45, 7) is 4.78. The Labute approximate surface area is 74.5 Å². The number of piperidine rings is 1. The molecule has 3 nitrogen and oxygen atoms in total. The molecule has 0 saturated carbocycles. The molecule has 0 amide bonds. The summed E-state index contributed by atoms with van der Waals surface area (Å²) in [5, 5.41) is 1.98. The number of hydrogen-bond acceptors (Lipinski definition) is 3. The maximum absolute atomic E-state index is 5.80. The molecule has 2 aliphatic heterocycles. The Morgan fingerprint density at radius 1 is 1.00 bits per heavy atom. The van der Waals surface area contributed by atoms with Crippen LogP contribution in [0.2, 0.25) is 0 Å². The molecule has 2 saturated heterocycles. The zero-order valence-electron chi connectivity index (χ0n) is 7.71. The van der Waals surface area contributed by atoms with Gasteiger partial charge in [0.2, 0.25) is 0 Å². The van der Waals surface area contributed by atoms with Crippen molar-refractivity contribution in [2.45, 2.75) is 31.7 Å². The Morgan fingerprint density at radius 2 is 1.75 bits per heavy atom. The highest BCUT2D eigenvalue weighted by Gasteiger charge is 2.25. The molecule has 3 heteroatoms. The molecule has 2 heterocycles. The number of hydrazine groups is 1. The Hall–Kier alpha value is -0.120. The zero-order chi connectivity index (χ0) is 8.39.